The monoisotopic (exact) mass is 166 g/mol. The second-order valence-electron chi connectivity index (χ2n) is 2.34. The summed E-state index contributed by atoms with van der Waals surface area (Å²) >= 11 is 0. The molecule has 0 saturated heterocycles. The lowest BCUT2D eigenvalue weighted by molar-refractivity contribution is 0.544. The molecule has 0 saturated carbocycles. The third-order valence-corrected chi connectivity index (χ3v) is 1.52. The van der Waals surface area contributed by atoms with Crippen molar-refractivity contribution < 1.29 is 8.78 Å². The fourth-order valence-corrected chi connectivity index (χ4v) is 0.974. The van der Waals surface area contributed by atoms with Crippen LogP contribution in [0.2, 0.25) is 0 Å². The van der Waals surface area contributed by atoms with E-state index in [1.54, 1.807) is 0 Å². The summed E-state index contributed by atoms with van der Waals surface area (Å²) in [6, 6.07) is 3.95. The van der Waals surface area contributed by atoms with E-state index in [0.717, 1.165) is 0 Å². The van der Waals surface area contributed by atoms with Crippen molar-refractivity contribution >= 4 is 10.9 Å². The van der Waals surface area contributed by atoms with E-state index in [1.165, 1.54) is 24.4 Å². The van der Waals surface area contributed by atoms with Gasteiger partial charge in [-0.25, -0.2) is 14.4 Å². The SMILES string of the molecule is Fc1ccc2cnc(F)nc2c1. The van der Waals surface area contributed by atoms with Gasteiger partial charge in [-0.1, -0.05) is 0 Å². The maximum atomic E-state index is 12.6. The first-order chi connectivity index (χ1) is 5.75. The number of nitrogens with zero attached hydrogens (tertiary/aromatic N) is 2. The first-order valence-electron chi connectivity index (χ1n) is 3.33. The molecule has 1 aromatic carbocycles. The van der Waals surface area contributed by atoms with Crippen LogP contribution in [0.5, 0.6) is 0 Å². The molecule has 0 atom stereocenters. The second-order valence-corrected chi connectivity index (χ2v) is 2.34. The Hall–Kier alpha value is -1.58. The summed E-state index contributed by atoms with van der Waals surface area (Å²) in [5.41, 5.74) is 0.280. The Morgan fingerprint density at radius 3 is 2.83 bits per heavy atom. The van der Waals surface area contributed by atoms with Crippen LogP contribution in [0.4, 0.5) is 8.78 Å². The van der Waals surface area contributed by atoms with Gasteiger partial charge in [0.1, 0.15) is 5.82 Å². The summed E-state index contributed by atoms with van der Waals surface area (Å²) in [7, 11) is 0. The summed E-state index contributed by atoms with van der Waals surface area (Å²) in [6.07, 6.45) is 0.477. The van der Waals surface area contributed by atoms with Gasteiger partial charge in [-0.15, -0.1) is 0 Å². The number of fused-ring (bicyclic) bond motifs is 1. The molecule has 4 heteroatoms. The van der Waals surface area contributed by atoms with Crippen molar-refractivity contribution in [3.05, 3.63) is 36.3 Å². The van der Waals surface area contributed by atoms with Gasteiger partial charge in [0, 0.05) is 17.6 Å². The molecule has 0 aliphatic heterocycles. The molecule has 0 spiro atoms. The maximum Gasteiger partial charge on any atom is 0.309 e. The van der Waals surface area contributed by atoms with Crippen LogP contribution in [0.1, 0.15) is 0 Å². The highest BCUT2D eigenvalue weighted by Gasteiger charge is 1.98. The quantitative estimate of drug-likeness (QED) is 0.558. The molecule has 0 fully saturated rings. The standard InChI is InChI=1S/C8H4F2N2/c9-6-2-1-5-4-11-8(10)12-7(5)3-6/h1-4H. The van der Waals surface area contributed by atoms with Crippen molar-refractivity contribution in [1.82, 2.24) is 9.97 Å². The number of halogens is 2. The van der Waals surface area contributed by atoms with Gasteiger partial charge >= 0.3 is 6.08 Å². The van der Waals surface area contributed by atoms with Gasteiger partial charge in [-0.05, 0) is 12.1 Å². The third kappa shape index (κ3) is 1.11. The van der Waals surface area contributed by atoms with Crippen LogP contribution in [0.3, 0.4) is 0 Å². The molecule has 1 heterocycles. The van der Waals surface area contributed by atoms with E-state index in [4.69, 9.17) is 0 Å². The van der Waals surface area contributed by atoms with Gasteiger partial charge in [0.15, 0.2) is 0 Å². The van der Waals surface area contributed by atoms with Gasteiger partial charge in [0.25, 0.3) is 0 Å². The number of hydrogen-bond acceptors (Lipinski definition) is 2. The minimum atomic E-state index is -0.840. The second kappa shape index (κ2) is 2.48. The van der Waals surface area contributed by atoms with E-state index in [9.17, 15) is 8.78 Å². The highest BCUT2D eigenvalue weighted by molar-refractivity contribution is 5.77. The summed E-state index contributed by atoms with van der Waals surface area (Å²) in [4.78, 5) is 6.76. The smallest absolute Gasteiger partial charge is 0.210 e. The fraction of sp³-hybridized carbons (Fsp3) is 0. The summed E-state index contributed by atoms with van der Waals surface area (Å²) in [5, 5.41) is 0.623. The minimum Gasteiger partial charge on any atom is -0.210 e. The first kappa shape index (κ1) is 7.09. The number of benzene rings is 1. The summed E-state index contributed by atoms with van der Waals surface area (Å²) in [6.45, 7) is 0. The van der Waals surface area contributed by atoms with E-state index < -0.39 is 11.9 Å². The molecule has 60 valence electrons. The average molecular weight is 166 g/mol. The van der Waals surface area contributed by atoms with Crippen LogP contribution < -0.4 is 0 Å². The Kier molecular flexibility index (Phi) is 1.46. The summed E-state index contributed by atoms with van der Waals surface area (Å²) in [5.74, 6) is -0.430. The maximum absolute atomic E-state index is 12.6. The number of aromatic nitrogens is 2. The lowest BCUT2D eigenvalue weighted by Crippen LogP contribution is -1.89. The molecular weight excluding hydrogens is 162 g/mol. The molecule has 1 aromatic heterocycles. The van der Waals surface area contributed by atoms with Crippen molar-refractivity contribution in [2.45, 2.75) is 0 Å². The van der Waals surface area contributed by atoms with Crippen LogP contribution in [0, 0.1) is 11.9 Å². The molecule has 2 nitrogen and oxygen atoms in total. The molecule has 2 aromatic rings. The molecule has 12 heavy (non-hydrogen) atoms. The molecule has 0 aliphatic rings. The van der Waals surface area contributed by atoms with Crippen molar-refractivity contribution in [3.63, 3.8) is 0 Å². The Balaban J connectivity index is 2.80. The zero-order valence-electron chi connectivity index (χ0n) is 5.96. The molecule has 0 aliphatic carbocycles. The molecule has 0 unspecified atom stereocenters. The lowest BCUT2D eigenvalue weighted by Gasteiger charge is -1.94. The van der Waals surface area contributed by atoms with Crippen molar-refractivity contribution in [2.24, 2.45) is 0 Å². The largest absolute Gasteiger partial charge is 0.309 e. The Labute approximate surface area is 66.9 Å². The highest BCUT2D eigenvalue weighted by atomic mass is 19.1. The Morgan fingerprint density at radius 1 is 1.17 bits per heavy atom. The minimum absolute atomic E-state index is 0.280. The fourth-order valence-electron chi connectivity index (χ4n) is 0.974. The van der Waals surface area contributed by atoms with Crippen molar-refractivity contribution in [1.29, 1.82) is 0 Å². The highest BCUT2D eigenvalue weighted by Crippen LogP contribution is 2.11. The molecular formula is C8H4F2N2. The summed E-state index contributed by atoms with van der Waals surface area (Å²) < 4.78 is 25.0. The van der Waals surface area contributed by atoms with Gasteiger partial charge in [0.05, 0.1) is 5.52 Å². The third-order valence-electron chi connectivity index (χ3n) is 1.52. The van der Waals surface area contributed by atoms with E-state index in [-0.39, 0.29) is 5.52 Å². The average Bonchev–Trinajstić information content (AvgIpc) is 2.03. The predicted octanol–water partition coefficient (Wildman–Crippen LogP) is 1.91. The van der Waals surface area contributed by atoms with Gasteiger partial charge in [0.2, 0.25) is 0 Å². The van der Waals surface area contributed by atoms with Crippen LogP contribution in [0.15, 0.2) is 24.4 Å². The molecule has 2 rings (SSSR count). The number of hydrogen-bond donors (Lipinski definition) is 0. The van der Waals surface area contributed by atoms with Crippen LogP contribution >= 0.6 is 0 Å². The van der Waals surface area contributed by atoms with Crippen molar-refractivity contribution in [2.75, 3.05) is 0 Å². The van der Waals surface area contributed by atoms with Crippen LogP contribution in [-0.4, -0.2) is 9.97 Å². The molecule has 0 amide bonds. The Morgan fingerprint density at radius 2 is 2.00 bits per heavy atom. The van der Waals surface area contributed by atoms with E-state index >= 15 is 0 Å². The molecule has 0 N–H and O–H groups in total. The van der Waals surface area contributed by atoms with Gasteiger partial charge < -0.3 is 0 Å². The van der Waals surface area contributed by atoms with Crippen LogP contribution in [0.25, 0.3) is 10.9 Å². The first-order valence-corrected chi connectivity index (χ1v) is 3.33. The van der Waals surface area contributed by atoms with Crippen LogP contribution in [-0.2, 0) is 0 Å². The molecule has 0 bridgehead atoms. The number of rotatable bonds is 0. The topological polar surface area (TPSA) is 25.8 Å². The Bertz CT molecular complexity index is 392. The molecule has 0 radical (unpaired) electrons. The zero-order valence-corrected chi connectivity index (χ0v) is 5.96. The van der Waals surface area contributed by atoms with Gasteiger partial charge in [-0.2, -0.15) is 4.39 Å². The lowest BCUT2D eigenvalue weighted by atomic mass is 10.2. The predicted molar refractivity (Wildman–Crippen MR) is 39.5 cm³/mol. The van der Waals surface area contributed by atoms with Crippen molar-refractivity contribution in [3.8, 4) is 0 Å². The van der Waals surface area contributed by atoms with E-state index in [1.807, 2.05) is 0 Å². The van der Waals surface area contributed by atoms with E-state index in [0.29, 0.717) is 5.39 Å². The zero-order chi connectivity index (χ0) is 8.55. The van der Waals surface area contributed by atoms with Gasteiger partial charge in [-0.3, -0.25) is 0 Å². The van der Waals surface area contributed by atoms with E-state index in [2.05, 4.69) is 9.97 Å². The normalized spacial score (nSPS) is 10.5.